The van der Waals surface area contributed by atoms with Gasteiger partial charge < -0.3 is 23.9 Å². The largest absolute Gasteiger partial charge is 0.496 e. The molecule has 0 spiro atoms. The Bertz CT molecular complexity index is 1350. The Kier molecular flexibility index (Phi) is 5.45. The van der Waals surface area contributed by atoms with Gasteiger partial charge in [-0.05, 0) is 37.1 Å². The Morgan fingerprint density at radius 1 is 1.15 bits per heavy atom. The summed E-state index contributed by atoms with van der Waals surface area (Å²) in [5, 5.41) is 9.51. The topological polar surface area (TPSA) is 87.0 Å². The van der Waals surface area contributed by atoms with E-state index in [0.29, 0.717) is 30.0 Å². The van der Waals surface area contributed by atoms with Gasteiger partial charge in [-0.25, -0.2) is 9.18 Å². The fourth-order valence-corrected chi connectivity index (χ4v) is 4.35. The summed E-state index contributed by atoms with van der Waals surface area (Å²) in [4.78, 5) is 24.4. The first-order chi connectivity index (χ1) is 16.2. The van der Waals surface area contributed by atoms with Crippen LogP contribution in [0.15, 0.2) is 41.3 Å². The maximum Gasteiger partial charge on any atom is 0.341 e. The summed E-state index contributed by atoms with van der Waals surface area (Å²) in [6.07, 6.45) is 2.53. The van der Waals surface area contributed by atoms with Gasteiger partial charge in [-0.1, -0.05) is 19.9 Å². The van der Waals surface area contributed by atoms with E-state index in [1.54, 1.807) is 22.8 Å². The van der Waals surface area contributed by atoms with Crippen LogP contribution in [0.25, 0.3) is 22.0 Å². The molecule has 1 aliphatic carbocycles. The van der Waals surface area contributed by atoms with Crippen LogP contribution in [0, 0.1) is 11.2 Å². The molecule has 34 heavy (non-hydrogen) atoms. The van der Waals surface area contributed by atoms with Crippen LogP contribution >= 0.6 is 0 Å². The monoisotopic (exact) mass is 467 g/mol. The molecule has 2 heterocycles. The number of hydrogen-bond acceptors (Lipinski definition) is 5. The van der Waals surface area contributed by atoms with E-state index < -0.39 is 23.5 Å². The van der Waals surface area contributed by atoms with Gasteiger partial charge in [0.1, 0.15) is 17.1 Å². The predicted molar refractivity (Wildman–Crippen MR) is 124 cm³/mol. The third kappa shape index (κ3) is 3.97. The molecule has 2 aromatic carbocycles. The lowest BCUT2D eigenvalue weighted by Gasteiger charge is -2.34. The molecular weight excluding hydrogens is 441 g/mol. The number of methoxy groups -OCH3 is 1. The number of aromatic nitrogens is 1. The minimum atomic E-state index is -1.32. The number of nitrogens with zero attached hydrogens (tertiary/aromatic N) is 1. The average molecular weight is 467 g/mol. The average Bonchev–Trinajstić information content (AvgIpc) is 3.64. The smallest absolute Gasteiger partial charge is 0.341 e. The van der Waals surface area contributed by atoms with Gasteiger partial charge in [0.05, 0.1) is 25.8 Å². The molecule has 178 valence electrons. The maximum absolute atomic E-state index is 15.4. The number of carboxylic acids is 1. The van der Waals surface area contributed by atoms with Crippen LogP contribution in [0.2, 0.25) is 0 Å². The molecule has 3 aromatic rings. The molecule has 5 rings (SSSR count). The Morgan fingerprint density at radius 2 is 1.85 bits per heavy atom. The molecule has 1 aromatic heterocycles. The van der Waals surface area contributed by atoms with E-state index in [1.807, 2.05) is 6.07 Å². The van der Waals surface area contributed by atoms with E-state index in [4.69, 9.17) is 14.2 Å². The Morgan fingerprint density at radius 3 is 2.47 bits per heavy atom. The van der Waals surface area contributed by atoms with Crippen molar-refractivity contribution in [1.82, 2.24) is 4.57 Å². The Labute approximate surface area is 195 Å². The second-order valence-corrected chi connectivity index (χ2v) is 9.74. The number of fused-ring (bicyclic) bond motifs is 1. The van der Waals surface area contributed by atoms with Gasteiger partial charge in [-0.15, -0.1) is 0 Å². The molecule has 1 N–H and O–H groups in total. The van der Waals surface area contributed by atoms with E-state index in [2.05, 4.69) is 13.8 Å². The quantitative estimate of drug-likeness (QED) is 0.573. The highest BCUT2D eigenvalue weighted by molar-refractivity contribution is 5.94. The second-order valence-electron chi connectivity index (χ2n) is 9.74. The van der Waals surface area contributed by atoms with Crippen molar-refractivity contribution in [1.29, 1.82) is 0 Å². The van der Waals surface area contributed by atoms with E-state index in [9.17, 15) is 14.7 Å². The van der Waals surface area contributed by atoms with E-state index in [0.717, 1.165) is 24.5 Å². The van der Waals surface area contributed by atoms with Crippen LogP contribution in [0.5, 0.6) is 5.75 Å². The summed E-state index contributed by atoms with van der Waals surface area (Å²) in [5.41, 5.74) is 0.822. The number of hydrogen-bond donors (Lipinski definition) is 1. The van der Waals surface area contributed by atoms with Crippen LogP contribution in [-0.2, 0) is 9.47 Å². The maximum atomic E-state index is 15.4. The zero-order chi connectivity index (χ0) is 24.2. The fourth-order valence-electron chi connectivity index (χ4n) is 4.35. The van der Waals surface area contributed by atoms with Gasteiger partial charge >= 0.3 is 5.97 Å². The molecule has 8 heteroatoms. The van der Waals surface area contributed by atoms with Gasteiger partial charge in [0, 0.05) is 39.7 Å². The summed E-state index contributed by atoms with van der Waals surface area (Å²) in [6, 6.07) is 8.15. The van der Waals surface area contributed by atoms with Crippen LogP contribution < -0.4 is 10.2 Å². The van der Waals surface area contributed by atoms with E-state index in [1.165, 1.54) is 13.3 Å². The zero-order valence-electron chi connectivity index (χ0n) is 19.3. The van der Waals surface area contributed by atoms with E-state index >= 15 is 4.39 Å². The molecule has 7 nitrogen and oxygen atoms in total. The summed E-state index contributed by atoms with van der Waals surface area (Å²) in [7, 11) is 1.51. The molecule has 0 bridgehead atoms. The van der Waals surface area contributed by atoms with Gasteiger partial charge in [0.15, 0.2) is 6.29 Å². The highest BCUT2D eigenvalue weighted by atomic mass is 19.1. The lowest BCUT2D eigenvalue weighted by molar-refractivity contribution is -0.226. The van der Waals surface area contributed by atoms with Crippen molar-refractivity contribution in [2.45, 2.75) is 39.0 Å². The standard InChI is InChI=1S/C26H26FNO6/c1-26(2)12-33-25(34-13-26)14-4-7-22(32-3)17(8-14)16-10-21-18(9-20(16)27)23(29)19(24(30)31)11-28(21)15-5-6-15/h4,7-11,15,25H,5-6,12-13H2,1-3H3,(H,30,31). The lowest BCUT2D eigenvalue weighted by Crippen LogP contribution is -2.33. The van der Waals surface area contributed by atoms with Crippen molar-refractivity contribution in [3.05, 3.63) is 63.7 Å². The van der Waals surface area contributed by atoms with Crippen LogP contribution in [0.1, 0.15) is 54.9 Å². The number of carbonyl (C=O) groups is 1. The number of benzene rings is 2. The summed E-state index contributed by atoms with van der Waals surface area (Å²) in [6.45, 7) is 5.18. The highest BCUT2D eigenvalue weighted by Crippen LogP contribution is 2.41. The van der Waals surface area contributed by atoms with Crippen molar-refractivity contribution < 1.29 is 28.5 Å². The van der Waals surface area contributed by atoms with Crippen LogP contribution in [-0.4, -0.2) is 36.0 Å². The van der Waals surface area contributed by atoms with Gasteiger partial charge in [-0.3, -0.25) is 4.79 Å². The number of pyridine rings is 1. The molecule has 1 aliphatic heterocycles. The first-order valence-corrected chi connectivity index (χ1v) is 11.2. The third-order valence-electron chi connectivity index (χ3n) is 6.33. The van der Waals surface area contributed by atoms with Crippen molar-refractivity contribution in [3.63, 3.8) is 0 Å². The predicted octanol–water partition coefficient (Wildman–Crippen LogP) is 4.92. The van der Waals surface area contributed by atoms with E-state index in [-0.39, 0.29) is 28.0 Å². The molecule has 0 atom stereocenters. The molecule has 2 fully saturated rings. The summed E-state index contributed by atoms with van der Waals surface area (Å²) >= 11 is 0. The third-order valence-corrected chi connectivity index (χ3v) is 6.33. The van der Waals surface area contributed by atoms with Gasteiger partial charge in [0.25, 0.3) is 0 Å². The molecule has 0 radical (unpaired) electrons. The minimum absolute atomic E-state index is 0.0457. The summed E-state index contributed by atoms with van der Waals surface area (Å²) in [5.74, 6) is -1.51. The zero-order valence-corrected chi connectivity index (χ0v) is 19.3. The first kappa shape index (κ1) is 22.6. The van der Waals surface area contributed by atoms with Crippen molar-refractivity contribution >= 4 is 16.9 Å². The Balaban J connectivity index is 1.66. The molecule has 2 aliphatic rings. The molecular formula is C26H26FNO6. The van der Waals surface area contributed by atoms with Crippen molar-refractivity contribution in [2.75, 3.05) is 20.3 Å². The lowest BCUT2D eigenvalue weighted by atomic mass is 9.95. The fraction of sp³-hybridized carbons (Fsp3) is 0.385. The van der Waals surface area contributed by atoms with Crippen molar-refractivity contribution in [3.8, 4) is 16.9 Å². The number of rotatable bonds is 5. The van der Waals surface area contributed by atoms with Gasteiger partial charge in [0.2, 0.25) is 5.43 Å². The minimum Gasteiger partial charge on any atom is -0.496 e. The molecule has 1 saturated heterocycles. The van der Waals surface area contributed by atoms with Crippen LogP contribution in [0.4, 0.5) is 4.39 Å². The molecule has 0 unspecified atom stereocenters. The Hall–Kier alpha value is -3.23. The first-order valence-electron chi connectivity index (χ1n) is 11.2. The second kappa shape index (κ2) is 8.21. The SMILES string of the molecule is COc1ccc(C2OCC(C)(C)CO2)cc1-c1cc2c(cc1F)c(=O)c(C(=O)O)cn2C1CC1. The highest BCUT2D eigenvalue weighted by Gasteiger charge is 2.31. The van der Waals surface area contributed by atoms with Gasteiger partial charge in [-0.2, -0.15) is 0 Å². The number of halogens is 1. The normalized spacial score (nSPS) is 18.2. The molecule has 1 saturated carbocycles. The summed E-state index contributed by atoms with van der Waals surface area (Å²) < 4.78 is 34.5. The number of aromatic carboxylic acids is 1. The number of ether oxygens (including phenoxy) is 3. The number of carboxylic acid groups (broad SMARTS) is 1. The van der Waals surface area contributed by atoms with Crippen molar-refractivity contribution in [2.24, 2.45) is 5.41 Å². The molecule has 0 amide bonds. The van der Waals surface area contributed by atoms with Crippen LogP contribution in [0.3, 0.4) is 0 Å².